The first-order chi connectivity index (χ1) is 6.82. The molecule has 15 heavy (non-hydrogen) atoms. The van der Waals surface area contributed by atoms with Crippen LogP contribution in [0.2, 0.25) is 0 Å². The van der Waals surface area contributed by atoms with Gasteiger partial charge in [-0.3, -0.25) is 14.4 Å². The zero-order valence-corrected chi connectivity index (χ0v) is 9.36. The third kappa shape index (κ3) is 2.34. The van der Waals surface area contributed by atoms with Gasteiger partial charge in [0.15, 0.2) is 5.41 Å². The van der Waals surface area contributed by atoms with Crippen LogP contribution in [-0.4, -0.2) is 29.9 Å². The number of carbonyl (C=O) groups is 3. The lowest BCUT2D eigenvalue weighted by Crippen LogP contribution is -2.46. The zero-order valence-electron chi connectivity index (χ0n) is 9.36. The number of rotatable bonds is 5. The standard InChI is InChI=1S/C10H16O5/c1-5-7(6(2)11)10(3,8(12)13)9(14)15-4/h7H,5H2,1-4H3,(H,12,13). The molecule has 0 bridgehead atoms. The highest BCUT2D eigenvalue weighted by Gasteiger charge is 2.50. The van der Waals surface area contributed by atoms with E-state index in [4.69, 9.17) is 5.11 Å². The fourth-order valence-electron chi connectivity index (χ4n) is 1.69. The second-order valence-corrected chi connectivity index (χ2v) is 3.57. The largest absolute Gasteiger partial charge is 0.480 e. The Kier molecular flexibility index (Phi) is 4.45. The van der Waals surface area contributed by atoms with Gasteiger partial charge in [-0.15, -0.1) is 0 Å². The van der Waals surface area contributed by atoms with Crippen molar-refractivity contribution in [2.75, 3.05) is 7.11 Å². The van der Waals surface area contributed by atoms with Crippen LogP contribution in [-0.2, 0) is 19.1 Å². The lowest BCUT2D eigenvalue weighted by molar-refractivity contribution is -0.172. The van der Waals surface area contributed by atoms with E-state index in [1.165, 1.54) is 13.8 Å². The number of esters is 1. The molecule has 86 valence electrons. The monoisotopic (exact) mass is 216 g/mol. The number of ketones is 1. The van der Waals surface area contributed by atoms with Gasteiger partial charge < -0.3 is 9.84 Å². The summed E-state index contributed by atoms with van der Waals surface area (Å²) in [7, 11) is 1.11. The average molecular weight is 216 g/mol. The zero-order chi connectivity index (χ0) is 12.2. The summed E-state index contributed by atoms with van der Waals surface area (Å²) in [5.74, 6) is -3.41. The van der Waals surface area contributed by atoms with Crippen LogP contribution in [0, 0.1) is 11.3 Å². The van der Waals surface area contributed by atoms with Gasteiger partial charge >= 0.3 is 11.9 Å². The molecule has 0 saturated carbocycles. The lowest BCUT2D eigenvalue weighted by atomic mass is 9.73. The molecule has 5 heteroatoms. The van der Waals surface area contributed by atoms with E-state index in [-0.39, 0.29) is 12.2 Å². The fraction of sp³-hybridized carbons (Fsp3) is 0.700. The molecular formula is C10H16O5. The first kappa shape index (κ1) is 13.6. The highest BCUT2D eigenvalue weighted by Crippen LogP contribution is 2.32. The number of carbonyl (C=O) groups excluding carboxylic acids is 2. The molecule has 0 heterocycles. The van der Waals surface area contributed by atoms with Crippen LogP contribution >= 0.6 is 0 Å². The van der Waals surface area contributed by atoms with Crippen molar-refractivity contribution in [3.8, 4) is 0 Å². The maximum atomic E-state index is 11.4. The highest BCUT2D eigenvalue weighted by atomic mass is 16.5. The van der Waals surface area contributed by atoms with E-state index < -0.39 is 23.3 Å². The maximum Gasteiger partial charge on any atom is 0.323 e. The van der Waals surface area contributed by atoms with Gasteiger partial charge in [-0.2, -0.15) is 0 Å². The molecule has 0 aliphatic heterocycles. The third-order valence-corrected chi connectivity index (χ3v) is 2.65. The molecule has 0 aromatic rings. The third-order valence-electron chi connectivity index (χ3n) is 2.65. The van der Waals surface area contributed by atoms with Gasteiger partial charge in [0.05, 0.1) is 7.11 Å². The Morgan fingerprint density at radius 1 is 1.40 bits per heavy atom. The van der Waals surface area contributed by atoms with Crippen molar-refractivity contribution in [3.05, 3.63) is 0 Å². The molecule has 0 radical (unpaired) electrons. The normalized spacial score (nSPS) is 16.3. The molecule has 0 fully saturated rings. The van der Waals surface area contributed by atoms with Gasteiger partial charge in [-0.05, 0) is 20.3 Å². The Morgan fingerprint density at radius 3 is 2.07 bits per heavy atom. The minimum absolute atomic E-state index is 0.285. The summed E-state index contributed by atoms with van der Waals surface area (Å²) in [6.45, 7) is 4.16. The predicted octanol–water partition coefficient (Wildman–Crippen LogP) is 0.865. The van der Waals surface area contributed by atoms with Crippen LogP contribution < -0.4 is 0 Å². The maximum absolute atomic E-state index is 11.4. The van der Waals surface area contributed by atoms with Crippen molar-refractivity contribution in [3.63, 3.8) is 0 Å². The number of hydrogen-bond acceptors (Lipinski definition) is 4. The van der Waals surface area contributed by atoms with Gasteiger partial charge in [-0.25, -0.2) is 0 Å². The van der Waals surface area contributed by atoms with Gasteiger partial charge in [0, 0.05) is 5.92 Å². The van der Waals surface area contributed by atoms with E-state index in [1.807, 2.05) is 0 Å². The van der Waals surface area contributed by atoms with Crippen LogP contribution in [0.4, 0.5) is 0 Å². The van der Waals surface area contributed by atoms with E-state index >= 15 is 0 Å². The van der Waals surface area contributed by atoms with E-state index in [0.29, 0.717) is 0 Å². The van der Waals surface area contributed by atoms with Gasteiger partial charge in [-0.1, -0.05) is 6.92 Å². The van der Waals surface area contributed by atoms with Crippen molar-refractivity contribution in [1.82, 2.24) is 0 Å². The SMILES string of the molecule is CCC(C(C)=O)C(C)(C(=O)O)C(=O)OC. The van der Waals surface area contributed by atoms with Crippen LogP contribution in [0.5, 0.6) is 0 Å². The van der Waals surface area contributed by atoms with Crippen molar-refractivity contribution in [1.29, 1.82) is 0 Å². The van der Waals surface area contributed by atoms with Gasteiger partial charge in [0.1, 0.15) is 5.78 Å². The number of hydrogen-bond donors (Lipinski definition) is 1. The summed E-state index contributed by atoms with van der Waals surface area (Å²) >= 11 is 0. The smallest absolute Gasteiger partial charge is 0.323 e. The van der Waals surface area contributed by atoms with Crippen molar-refractivity contribution in [2.45, 2.75) is 27.2 Å². The Balaban J connectivity index is 5.35. The predicted molar refractivity (Wildman–Crippen MR) is 52.2 cm³/mol. The Hall–Kier alpha value is -1.39. The molecule has 0 amide bonds. The van der Waals surface area contributed by atoms with E-state index in [0.717, 1.165) is 7.11 Å². The number of ether oxygens (including phenoxy) is 1. The van der Waals surface area contributed by atoms with Crippen LogP contribution in [0.25, 0.3) is 0 Å². The van der Waals surface area contributed by atoms with E-state index in [1.54, 1.807) is 6.92 Å². The number of Topliss-reactive ketones (excluding diaryl/α,β-unsaturated/α-hetero) is 1. The molecule has 0 aliphatic carbocycles. The molecule has 1 N–H and O–H groups in total. The quantitative estimate of drug-likeness (QED) is 0.544. The summed E-state index contributed by atoms with van der Waals surface area (Å²) in [4.78, 5) is 33.8. The minimum atomic E-state index is -1.80. The van der Waals surface area contributed by atoms with Crippen molar-refractivity contribution >= 4 is 17.7 Å². The second-order valence-electron chi connectivity index (χ2n) is 3.57. The molecule has 0 rings (SSSR count). The summed E-state index contributed by atoms with van der Waals surface area (Å²) in [6, 6.07) is 0. The molecule has 2 atom stereocenters. The van der Waals surface area contributed by atoms with Crippen LogP contribution in [0.1, 0.15) is 27.2 Å². The molecule has 2 unspecified atom stereocenters. The first-order valence-corrected chi connectivity index (χ1v) is 4.64. The van der Waals surface area contributed by atoms with Gasteiger partial charge in [0.25, 0.3) is 0 Å². The fourth-order valence-corrected chi connectivity index (χ4v) is 1.69. The van der Waals surface area contributed by atoms with E-state index in [2.05, 4.69) is 4.74 Å². The van der Waals surface area contributed by atoms with Crippen LogP contribution in [0.15, 0.2) is 0 Å². The summed E-state index contributed by atoms with van der Waals surface area (Å²) < 4.78 is 4.44. The topological polar surface area (TPSA) is 80.7 Å². The van der Waals surface area contributed by atoms with Crippen LogP contribution in [0.3, 0.4) is 0 Å². The van der Waals surface area contributed by atoms with E-state index in [9.17, 15) is 14.4 Å². The molecule has 0 saturated heterocycles. The molecule has 5 nitrogen and oxygen atoms in total. The second kappa shape index (κ2) is 4.91. The summed E-state index contributed by atoms with van der Waals surface area (Å²) in [5.41, 5.74) is -1.80. The van der Waals surface area contributed by atoms with Crippen molar-refractivity contribution in [2.24, 2.45) is 11.3 Å². The first-order valence-electron chi connectivity index (χ1n) is 4.64. The minimum Gasteiger partial charge on any atom is -0.480 e. The number of carboxylic acids is 1. The summed E-state index contributed by atoms with van der Waals surface area (Å²) in [5, 5.41) is 9.03. The average Bonchev–Trinajstić information content (AvgIpc) is 2.16. The Labute approximate surface area is 88.4 Å². The summed E-state index contributed by atoms with van der Waals surface area (Å²) in [6.07, 6.45) is 0.285. The molecule has 0 aromatic heterocycles. The van der Waals surface area contributed by atoms with Crippen molar-refractivity contribution < 1.29 is 24.2 Å². The highest BCUT2D eigenvalue weighted by molar-refractivity contribution is 6.03. The number of aliphatic carboxylic acids is 1. The molecule has 0 aliphatic rings. The number of carboxylic acid groups (broad SMARTS) is 1. The molecular weight excluding hydrogens is 200 g/mol. The number of methoxy groups -OCH3 is 1. The Morgan fingerprint density at radius 2 is 1.87 bits per heavy atom. The van der Waals surface area contributed by atoms with Gasteiger partial charge in [0.2, 0.25) is 0 Å². The Bertz CT molecular complexity index is 284. The lowest BCUT2D eigenvalue weighted by Gasteiger charge is -2.28. The molecule has 0 aromatic carbocycles. The molecule has 0 spiro atoms.